The van der Waals surface area contributed by atoms with E-state index in [1.165, 1.54) is 0 Å². The van der Waals surface area contributed by atoms with Crippen LogP contribution in [-0.4, -0.2) is 51.9 Å². The SMILES string of the molecule is CC1(C)O[C@@H]2[C@H](CC=O)CO[C@H](CO[Si](C)(C)C(C)(C)C)[C@H]2O1. The van der Waals surface area contributed by atoms with E-state index in [1.54, 1.807) is 0 Å². The lowest BCUT2D eigenvalue weighted by Crippen LogP contribution is -2.52. The molecule has 0 aromatic rings. The number of aldehydes is 1. The van der Waals surface area contributed by atoms with Crippen LogP contribution >= 0.6 is 0 Å². The molecule has 0 aliphatic carbocycles. The summed E-state index contributed by atoms with van der Waals surface area (Å²) in [5.74, 6) is -0.581. The van der Waals surface area contributed by atoms with Gasteiger partial charge in [-0.15, -0.1) is 0 Å². The largest absolute Gasteiger partial charge is 0.414 e. The van der Waals surface area contributed by atoms with Crippen molar-refractivity contribution in [3.05, 3.63) is 0 Å². The molecule has 0 unspecified atom stereocenters. The second kappa shape index (κ2) is 6.56. The Labute approximate surface area is 141 Å². The highest BCUT2D eigenvalue weighted by Crippen LogP contribution is 2.40. The molecule has 0 aromatic carbocycles. The molecule has 6 heteroatoms. The van der Waals surface area contributed by atoms with Crippen molar-refractivity contribution in [1.82, 2.24) is 0 Å². The molecule has 2 saturated heterocycles. The first-order valence-electron chi connectivity index (χ1n) is 8.52. The van der Waals surface area contributed by atoms with Gasteiger partial charge in [-0.05, 0) is 32.0 Å². The van der Waals surface area contributed by atoms with Crippen LogP contribution in [0, 0.1) is 5.92 Å². The topological polar surface area (TPSA) is 54.0 Å². The van der Waals surface area contributed by atoms with Gasteiger partial charge < -0.3 is 23.4 Å². The molecule has 0 radical (unpaired) electrons. The van der Waals surface area contributed by atoms with E-state index in [-0.39, 0.29) is 29.3 Å². The lowest BCUT2D eigenvalue weighted by atomic mass is 9.90. The zero-order valence-electron chi connectivity index (χ0n) is 15.5. The van der Waals surface area contributed by atoms with Crippen LogP contribution in [-0.2, 0) is 23.4 Å². The van der Waals surface area contributed by atoms with E-state index in [2.05, 4.69) is 33.9 Å². The molecule has 2 heterocycles. The van der Waals surface area contributed by atoms with Gasteiger partial charge in [0.15, 0.2) is 14.1 Å². The third-order valence-corrected chi connectivity index (χ3v) is 9.83. The second-order valence-corrected chi connectivity index (χ2v) is 13.5. The maximum atomic E-state index is 10.9. The molecular weight excluding hydrogens is 312 g/mol. The van der Waals surface area contributed by atoms with E-state index in [0.29, 0.717) is 19.6 Å². The van der Waals surface area contributed by atoms with Gasteiger partial charge in [-0.25, -0.2) is 0 Å². The molecule has 4 atom stereocenters. The molecule has 5 nitrogen and oxygen atoms in total. The van der Waals surface area contributed by atoms with Crippen molar-refractivity contribution in [3.63, 3.8) is 0 Å². The van der Waals surface area contributed by atoms with E-state index in [0.717, 1.165) is 6.29 Å². The van der Waals surface area contributed by atoms with Gasteiger partial charge in [-0.2, -0.15) is 0 Å². The normalized spacial score (nSPS) is 34.2. The number of hydrogen-bond donors (Lipinski definition) is 0. The summed E-state index contributed by atoms with van der Waals surface area (Å²) in [6.45, 7) is 16.0. The Morgan fingerprint density at radius 1 is 1.22 bits per heavy atom. The number of rotatable bonds is 5. The van der Waals surface area contributed by atoms with Crippen molar-refractivity contribution in [2.24, 2.45) is 5.92 Å². The summed E-state index contributed by atoms with van der Waals surface area (Å²) in [6, 6.07) is 0. The quantitative estimate of drug-likeness (QED) is 0.566. The van der Waals surface area contributed by atoms with Gasteiger partial charge in [0.2, 0.25) is 0 Å². The molecule has 0 N–H and O–H groups in total. The minimum atomic E-state index is -1.83. The van der Waals surface area contributed by atoms with Gasteiger partial charge >= 0.3 is 0 Å². The minimum Gasteiger partial charge on any atom is -0.414 e. The Hall–Kier alpha value is -0.273. The van der Waals surface area contributed by atoms with Crippen molar-refractivity contribution in [3.8, 4) is 0 Å². The van der Waals surface area contributed by atoms with Crippen molar-refractivity contribution < 1.29 is 23.4 Å². The third-order valence-electron chi connectivity index (χ3n) is 5.33. The smallest absolute Gasteiger partial charge is 0.192 e. The molecular formula is C17H32O5Si. The lowest BCUT2D eigenvalue weighted by molar-refractivity contribution is -0.156. The average Bonchev–Trinajstić information content (AvgIpc) is 2.72. The van der Waals surface area contributed by atoms with Gasteiger partial charge in [-0.3, -0.25) is 0 Å². The van der Waals surface area contributed by atoms with Crippen LogP contribution < -0.4 is 0 Å². The summed E-state index contributed by atoms with van der Waals surface area (Å²) in [7, 11) is -1.83. The first-order chi connectivity index (χ1) is 10.5. The van der Waals surface area contributed by atoms with Gasteiger partial charge in [0.1, 0.15) is 18.5 Å². The van der Waals surface area contributed by atoms with E-state index in [4.69, 9.17) is 18.6 Å². The summed E-state index contributed by atoms with van der Waals surface area (Å²) in [6.07, 6.45) is 0.965. The minimum absolute atomic E-state index is 0.0587. The maximum Gasteiger partial charge on any atom is 0.192 e. The molecule has 0 spiro atoms. The Morgan fingerprint density at radius 3 is 2.39 bits per heavy atom. The van der Waals surface area contributed by atoms with Gasteiger partial charge in [0.05, 0.1) is 19.3 Å². The molecule has 2 aliphatic rings. The van der Waals surface area contributed by atoms with Crippen LogP contribution in [0.25, 0.3) is 0 Å². The summed E-state index contributed by atoms with van der Waals surface area (Å²) >= 11 is 0. The van der Waals surface area contributed by atoms with Crippen LogP contribution in [0.1, 0.15) is 41.0 Å². The van der Waals surface area contributed by atoms with Crippen LogP contribution in [0.15, 0.2) is 0 Å². The van der Waals surface area contributed by atoms with Crippen LogP contribution in [0.3, 0.4) is 0 Å². The highest BCUT2D eigenvalue weighted by Gasteiger charge is 2.52. The van der Waals surface area contributed by atoms with Crippen molar-refractivity contribution in [2.45, 2.75) is 83.3 Å². The van der Waals surface area contributed by atoms with Gasteiger partial charge in [0.25, 0.3) is 0 Å². The predicted octanol–water partition coefficient (Wildman–Crippen LogP) is 3.13. The molecule has 23 heavy (non-hydrogen) atoms. The fourth-order valence-corrected chi connectivity index (χ4v) is 3.90. The first kappa shape index (κ1) is 19.1. The zero-order valence-corrected chi connectivity index (χ0v) is 16.5. The first-order valence-corrected chi connectivity index (χ1v) is 11.4. The van der Waals surface area contributed by atoms with Gasteiger partial charge in [-0.1, -0.05) is 20.8 Å². The average molecular weight is 345 g/mol. The molecule has 2 aliphatic heterocycles. The molecule has 0 aromatic heterocycles. The standard InChI is InChI=1S/C17H32O5Si/c1-16(2,3)23(6,7)20-11-13-15-14(21-17(4,5)22-15)12(8-9-18)10-19-13/h9,12-15H,8,10-11H2,1-7H3/t12-,13-,14-,15-/m1/s1. The monoisotopic (exact) mass is 344 g/mol. The number of fused-ring (bicyclic) bond motifs is 1. The summed E-state index contributed by atoms with van der Waals surface area (Å²) in [5.41, 5.74) is 0. The van der Waals surface area contributed by atoms with Crippen LogP contribution in [0.2, 0.25) is 18.1 Å². The van der Waals surface area contributed by atoms with Crippen LogP contribution in [0.5, 0.6) is 0 Å². The van der Waals surface area contributed by atoms with E-state index in [9.17, 15) is 4.79 Å². The van der Waals surface area contributed by atoms with E-state index >= 15 is 0 Å². The predicted molar refractivity (Wildman–Crippen MR) is 90.9 cm³/mol. The molecule has 134 valence electrons. The third kappa shape index (κ3) is 4.23. The lowest BCUT2D eigenvalue weighted by Gasteiger charge is -2.40. The Balaban J connectivity index is 2.05. The van der Waals surface area contributed by atoms with Crippen molar-refractivity contribution in [1.29, 1.82) is 0 Å². The molecule has 0 amide bonds. The maximum absolute atomic E-state index is 10.9. The van der Waals surface area contributed by atoms with Crippen molar-refractivity contribution >= 4 is 14.6 Å². The summed E-state index contributed by atoms with van der Waals surface area (Å²) in [5, 5.41) is 0.160. The number of carbonyl (C=O) groups excluding carboxylic acids is 1. The highest BCUT2D eigenvalue weighted by atomic mass is 28.4. The highest BCUT2D eigenvalue weighted by molar-refractivity contribution is 6.74. The summed E-state index contributed by atoms with van der Waals surface area (Å²) < 4.78 is 24.4. The Morgan fingerprint density at radius 2 is 1.83 bits per heavy atom. The number of hydrogen-bond acceptors (Lipinski definition) is 5. The molecule has 0 bridgehead atoms. The Kier molecular flexibility index (Phi) is 5.43. The number of ether oxygens (including phenoxy) is 3. The van der Waals surface area contributed by atoms with Crippen LogP contribution in [0.4, 0.5) is 0 Å². The summed E-state index contributed by atoms with van der Waals surface area (Å²) in [4.78, 5) is 10.9. The Bertz CT molecular complexity index is 429. The molecule has 2 rings (SSSR count). The van der Waals surface area contributed by atoms with E-state index in [1.807, 2.05) is 13.8 Å². The molecule has 2 fully saturated rings. The fourth-order valence-electron chi connectivity index (χ4n) is 2.88. The zero-order chi connectivity index (χ0) is 17.5. The molecule has 0 saturated carbocycles. The number of carbonyl (C=O) groups is 1. The van der Waals surface area contributed by atoms with E-state index < -0.39 is 14.1 Å². The fraction of sp³-hybridized carbons (Fsp3) is 0.941. The second-order valence-electron chi connectivity index (χ2n) is 8.67. The van der Waals surface area contributed by atoms with Crippen molar-refractivity contribution in [2.75, 3.05) is 13.2 Å². The van der Waals surface area contributed by atoms with Gasteiger partial charge in [0, 0.05) is 12.3 Å².